The lowest BCUT2D eigenvalue weighted by Crippen LogP contribution is -2.59. The van der Waals surface area contributed by atoms with Crippen LogP contribution in [0.15, 0.2) is 140 Å². The van der Waals surface area contributed by atoms with E-state index in [1.54, 1.807) is 0 Å². The first kappa shape index (κ1) is 26.0. The van der Waals surface area contributed by atoms with Gasteiger partial charge in [0.25, 0.3) is 6.71 Å². The summed E-state index contributed by atoms with van der Waals surface area (Å²) in [6.07, 6.45) is 0. The van der Waals surface area contributed by atoms with Crippen LogP contribution in [0.2, 0.25) is 0 Å². The van der Waals surface area contributed by atoms with E-state index in [0.717, 1.165) is 112 Å². The van der Waals surface area contributed by atoms with E-state index >= 15 is 0 Å². The zero-order valence-corrected chi connectivity index (χ0v) is 26.9. The summed E-state index contributed by atoms with van der Waals surface area (Å²) >= 11 is 0. The van der Waals surface area contributed by atoms with Gasteiger partial charge in [-0.2, -0.15) is 0 Å². The molecule has 3 aliphatic rings. The average molecular weight is 654 g/mol. The molecule has 7 aromatic carbocycles. The van der Waals surface area contributed by atoms with Crippen LogP contribution in [-0.4, -0.2) is 25.2 Å². The molecule has 7 nitrogen and oxygen atoms in total. The van der Waals surface area contributed by atoms with Crippen LogP contribution in [0.4, 0.5) is 0 Å². The molecule has 0 atom stereocenters. The van der Waals surface area contributed by atoms with Gasteiger partial charge in [0.05, 0.1) is 38.8 Å². The van der Waals surface area contributed by atoms with E-state index in [4.69, 9.17) is 19.2 Å². The van der Waals surface area contributed by atoms with Crippen molar-refractivity contribution in [1.82, 2.24) is 18.5 Å². The zero-order valence-electron chi connectivity index (χ0n) is 26.9. The fraction of sp³-hybridized carbons (Fsp3) is 0. The smallest absolute Gasteiger partial charge is 0.270 e. The second-order valence-electron chi connectivity index (χ2n) is 13.5. The van der Waals surface area contributed by atoms with E-state index in [1.165, 1.54) is 0 Å². The number of aromatic nitrogens is 4. The van der Waals surface area contributed by atoms with Crippen LogP contribution in [-0.2, 0) is 0 Å². The molecule has 0 spiro atoms. The molecular formula is C43H23BN4O3. The lowest BCUT2D eigenvalue weighted by Gasteiger charge is -2.37. The van der Waals surface area contributed by atoms with E-state index in [-0.39, 0.29) is 6.71 Å². The van der Waals surface area contributed by atoms with Crippen LogP contribution < -0.4 is 30.6 Å². The van der Waals surface area contributed by atoms with Gasteiger partial charge in [0, 0.05) is 45.0 Å². The Morgan fingerprint density at radius 1 is 0.412 bits per heavy atom. The Morgan fingerprint density at radius 3 is 1.71 bits per heavy atom. The lowest BCUT2D eigenvalue weighted by molar-refractivity contribution is 0.442. The number of para-hydroxylation sites is 5. The highest BCUT2D eigenvalue weighted by Crippen LogP contribution is 2.44. The van der Waals surface area contributed by atoms with Gasteiger partial charge in [-0.1, -0.05) is 54.6 Å². The maximum absolute atomic E-state index is 6.70. The summed E-state index contributed by atoms with van der Waals surface area (Å²) in [5.74, 6) is 5.80. The Kier molecular flexibility index (Phi) is 4.59. The molecule has 0 unspecified atom stereocenters. The standard InChI is InChI=1S/C43H23BN4O3/c1-3-11-29-26(9-1)27-21-24(47-32-13-5-6-14-33(32)48-31-12-4-2-10-28(31)45-43(47)48)19-20-30(27)46(29)25-22-38-42-39(23-25)51-37-18-8-16-35-41(37)44(42)40-34(49-35)15-7-17-36(40)50-38/h1-23H. The topological polar surface area (TPSA) is 54.9 Å². The van der Waals surface area contributed by atoms with Crippen molar-refractivity contribution in [3.63, 3.8) is 0 Å². The Morgan fingerprint density at radius 2 is 0.980 bits per heavy atom. The van der Waals surface area contributed by atoms with Gasteiger partial charge < -0.3 is 18.8 Å². The number of nitrogens with zero attached hydrogens (tertiary/aromatic N) is 4. The maximum atomic E-state index is 6.70. The molecule has 13 rings (SSSR count). The van der Waals surface area contributed by atoms with Gasteiger partial charge in [0.15, 0.2) is 0 Å². The van der Waals surface area contributed by atoms with Crippen molar-refractivity contribution >= 4 is 72.8 Å². The Hall–Kier alpha value is -6.93. The first-order valence-electron chi connectivity index (χ1n) is 17.2. The van der Waals surface area contributed by atoms with E-state index in [1.807, 2.05) is 42.5 Å². The van der Waals surface area contributed by atoms with E-state index in [9.17, 15) is 0 Å². The third kappa shape index (κ3) is 3.18. The molecule has 0 fully saturated rings. The monoisotopic (exact) mass is 654 g/mol. The van der Waals surface area contributed by atoms with Gasteiger partial charge in [0.1, 0.15) is 34.5 Å². The minimum absolute atomic E-state index is 0.0223. The molecule has 236 valence electrons. The molecular weight excluding hydrogens is 631 g/mol. The summed E-state index contributed by atoms with van der Waals surface area (Å²) in [5, 5.41) is 2.32. The highest BCUT2D eigenvalue weighted by molar-refractivity contribution is 6.99. The molecule has 0 amide bonds. The summed E-state index contributed by atoms with van der Waals surface area (Å²) < 4.78 is 26.6. The second kappa shape index (κ2) is 8.99. The van der Waals surface area contributed by atoms with Crippen LogP contribution >= 0.6 is 0 Å². The van der Waals surface area contributed by atoms with Gasteiger partial charge in [-0.15, -0.1) is 0 Å². The number of ether oxygens (including phenoxy) is 3. The molecule has 0 saturated heterocycles. The zero-order chi connectivity index (χ0) is 32.9. The summed E-state index contributed by atoms with van der Waals surface area (Å²) in [7, 11) is 0. The van der Waals surface area contributed by atoms with E-state index in [0.29, 0.717) is 0 Å². The summed E-state index contributed by atoms with van der Waals surface area (Å²) in [4.78, 5) is 5.12. The van der Waals surface area contributed by atoms with Crippen molar-refractivity contribution in [3.8, 4) is 45.9 Å². The Balaban J connectivity index is 1.06. The van der Waals surface area contributed by atoms with Gasteiger partial charge in [-0.05, 0) is 72.8 Å². The molecule has 0 radical (unpaired) electrons. The summed E-state index contributed by atoms with van der Waals surface area (Å²) in [5.41, 5.74) is 11.7. The molecule has 0 bridgehead atoms. The van der Waals surface area contributed by atoms with Gasteiger partial charge in [-0.25, -0.2) is 4.98 Å². The summed E-state index contributed by atoms with van der Waals surface area (Å²) in [6, 6.07) is 48.6. The minimum atomic E-state index is -0.0223. The third-order valence-electron chi connectivity index (χ3n) is 10.9. The van der Waals surface area contributed by atoms with Crippen LogP contribution in [0.1, 0.15) is 0 Å². The van der Waals surface area contributed by atoms with Crippen molar-refractivity contribution in [3.05, 3.63) is 140 Å². The molecule has 6 heterocycles. The molecule has 3 aliphatic heterocycles. The average Bonchev–Trinajstić information content (AvgIpc) is 3.81. The number of imidazole rings is 2. The first-order valence-corrected chi connectivity index (χ1v) is 17.2. The second-order valence-corrected chi connectivity index (χ2v) is 13.5. The van der Waals surface area contributed by atoms with Crippen molar-refractivity contribution in [2.45, 2.75) is 0 Å². The van der Waals surface area contributed by atoms with Crippen LogP contribution in [0.3, 0.4) is 0 Å². The Bertz CT molecular complexity index is 3130. The van der Waals surface area contributed by atoms with Crippen molar-refractivity contribution in [2.24, 2.45) is 0 Å². The van der Waals surface area contributed by atoms with Crippen molar-refractivity contribution in [1.29, 1.82) is 0 Å². The quantitative estimate of drug-likeness (QED) is 0.176. The molecule has 0 N–H and O–H groups in total. The van der Waals surface area contributed by atoms with Crippen molar-refractivity contribution in [2.75, 3.05) is 0 Å². The van der Waals surface area contributed by atoms with E-state index in [2.05, 4.69) is 111 Å². The highest BCUT2D eigenvalue weighted by Gasteiger charge is 2.46. The molecule has 3 aromatic heterocycles. The highest BCUT2D eigenvalue weighted by atomic mass is 16.5. The lowest BCUT2D eigenvalue weighted by atomic mass is 9.34. The number of hydrogen-bond acceptors (Lipinski definition) is 4. The van der Waals surface area contributed by atoms with Gasteiger partial charge in [0.2, 0.25) is 5.78 Å². The SMILES string of the molecule is c1cc2c3c(c1)Oc1cc(-n4c5ccccc5c5cc(-n6c7ccccc7n7c8ccccc8nc67)ccc54)cc4c1B3c1c(cccc1O4)O2. The fourth-order valence-electron chi connectivity index (χ4n) is 8.91. The fourth-order valence-corrected chi connectivity index (χ4v) is 8.91. The first-order chi connectivity index (χ1) is 25.3. The Labute approximate surface area is 290 Å². The van der Waals surface area contributed by atoms with Crippen LogP contribution in [0.25, 0.3) is 61.0 Å². The van der Waals surface area contributed by atoms with Gasteiger partial charge >= 0.3 is 0 Å². The normalized spacial score (nSPS) is 13.5. The molecule has 8 heteroatoms. The predicted molar refractivity (Wildman–Crippen MR) is 202 cm³/mol. The largest absolute Gasteiger partial charge is 0.458 e. The minimum Gasteiger partial charge on any atom is -0.458 e. The molecule has 51 heavy (non-hydrogen) atoms. The van der Waals surface area contributed by atoms with Gasteiger partial charge in [-0.3, -0.25) is 8.97 Å². The number of rotatable bonds is 2. The molecule has 0 aliphatic carbocycles. The van der Waals surface area contributed by atoms with E-state index < -0.39 is 0 Å². The number of hydrogen-bond donors (Lipinski definition) is 0. The maximum Gasteiger partial charge on any atom is 0.270 e. The van der Waals surface area contributed by atoms with Crippen LogP contribution in [0.5, 0.6) is 34.5 Å². The van der Waals surface area contributed by atoms with Crippen LogP contribution in [0, 0.1) is 0 Å². The van der Waals surface area contributed by atoms with Crippen molar-refractivity contribution < 1.29 is 14.2 Å². The predicted octanol–water partition coefficient (Wildman–Crippen LogP) is 8.36. The number of benzene rings is 7. The molecule has 0 saturated carbocycles. The number of fused-ring (bicyclic) bond motifs is 8. The third-order valence-corrected chi connectivity index (χ3v) is 10.9. The summed E-state index contributed by atoms with van der Waals surface area (Å²) in [6.45, 7) is -0.0223. The molecule has 10 aromatic rings.